The monoisotopic (exact) mass is 269 g/mol. The molecule has 4 heteroatoms. The smallest absolute Gasteiger partial charge is 0.180 e. The molecule has 0 aromatic heterocycles. The van der Waals surface area contributed by atoms with Crippen molar-refractivity contribution in [3.63, 3.8) is 0 Å². The van der Waals surface area contributed by atoms with E-state index in [0.29, 0.717) is 22.6 Å². The summed E-state index contributed by atoms with van der Waals surface area (Å²) < 4.78 is 11.1. The van der Waals surface area contributed by atoms with Gasteiger partial charge in [0, 0.05) is 5.54 Å². The highest BCUT2D eigenvalue weighted by atomic mass is 35.5. The fourth-order valence-corrected chi connectivity index (χ4v) is 2.15. The van der Waals surface area contributed by atoms with E-state index in [1.54, 1.807) is 7.11 Å². The lowest BCUT2D eigenvalue weighted by Crippen LogP contribution is -2.34. The summed E-state index contributed by atoms with van der Waals surface area (Å²) in [6, 6.07) is 3.87. The first-order valence-corrected chi connectivity index (χ1v) is 6.59. The first-order valence-electron chi connectivity index (χ1n) is 6.21. The van der Waals surface area contributed by atoms with E-state index < -0.39 is 0 Å². The van der Waals surface area contributed by atoms with Gasteiger partial charge in [-0.05, 0) is 50.8 Å². The quantitative estimate of drug-likeness (QED) is 0.893. The van der Waals surface area contributed by atoms with Gasteiger partial charge in [-0.15, -0.1) is 0 Å². The van der Waals surface area contributed by atoms with Crippen molar-refractivity contribution in [3.8, 4) is 11.5 Å². The molecule has 1 aliphatic carbocycles. The van der Waals surface area contributed by atoms with Crippen LogP contribution in [0.5, 0.6) is 11.5 Å². The lowest BCUT2D eigenvalue weighted by atomic mass is 9.96. The molecule has 2 N–H and O–H groups in total. The number of methoxy groups -OCH3 is 1. The van der Waals surface area contributed by atoms with Crippen molar-refractivity contribution in [2.75, 3.05) is 7.11 Å². The third kappa shape index (κ3) is 3.53. The highest BCUT2D eigenvalue weighted by molar-refractivity contribution is 6.32. The molecule has 0 atom stereocenters. The van der Waals surface area contributed by atoms with Gasteiger partial charge in [-0.1, -0.05) is 11.6 Å². The van der Waals surface area contributed by atoms with E-state index in [2.05, 4.69) is 0 Å². The number of benzene rings is 1. The molecular formula is C14H20ClNO2. The zero-order valence-electron chi connectivity index (χ0n) is 11.1. The Bertz CT molecular complexity index is 436. The molecule has 0 amide bonds. The maximum absolute atomic E-state index is 6.27. The molecule has 0 spiro atoms. The number of rotatable bonds is 5. The normalized spacial score (nSPS) is 15.6. The highest BCUT2D eigenvalue weighted by Gasteiger charge is 2.26. The summed E-state index contributed by atoms with van der Waals surface area (Å²) in [6.07, 6.45) is 3.23. The van der Waals surface area contributed by atoms with Crippen molar-refractivity contribution in [2.45, 2.75) is 44.8 Å². The second kappa shape index (κ2) is 4.98. The highest BCUT2D eigenvalue weighted by Crippen LogP contribution is 2.40. The van der Waals surface area contributed by atoms with Crippen LogP contribution in [0.4, 0.5) is 0 Å². The standard InChI is InChI=1S/C14H20ClNO2/c1-14(2,16)8-9-6-11(15)13(12(7-9)17-3)18-10-4-5-10/h6-7,10H,4-5,8,16H2,1-3H3. The van der Waals surface area contributed by atoms with Crippen LogP contribution in [0.1, 0.15) is 32.3 Å². The van der Waals surface area contributed by atoms with Crippen LogP contribution in [0, 0.1) is 0 Å². The molecule has 0 bridgehead atoms. The Hall–Kier alpha value is -0.930. The second-order valence-electron chi connectivity index (χ2n) is 5.59. The summed E-state index contributed by atoms with van der Waals surface area (Å²) in [7, 11) is 1.63. The summed E-state index contributed by atoms with van der Waals surface area (Å²) >= 11 is 6.27. The van der Waals surface area contributed by atoms with Crippen LogP contribution < -0.4 is 15.2 Å². The van der Waals surface area contributed by atoms with Crippen molar-refractivity contribution in [3.05, 3.63) is 22.7 Å². The van der Waals surface area contributed by atoms with Gasteiger partial charge in [0.1, 0.15) is 0 Å². The molecule has 1 aromatic carbocycles. The third-order valence-electron chi connectivity index (χ3n) is 2.76. The lowest BCUT2D eigenvalue weighted by molar-refractivity contribution is 0.282. The van der Waals surface area contributed by atoms with Crippen molar-refractivity contribution in [1.29, 1.82) is 0 Å². The van der Waals surface area contributed by atoms with Gasteiger partial charge < -0.3 is 15.2 Å². The van der Waals surface area contributed by atoms with Gasteiger partial charge in [-0.25, -0.2) is 0 Å². The number of hydrogen-bond acceptors (Lipinski definition) is 3. The van der Waals surface area contributed by atoms with E-state index in [1.165, 1.54) is 0 Å². The Morgan fingerprint density at radius 2 is 2.06 bits per heavy atom. The minimum absolute atomic E-state index is 0.271. The molecule has 1 aliphatic rings. The van der Waals surface area contributed by atoms with Crippen molar-refractivity contribution in [1.82, 2.24) is 0 Å². The maximum atomic E-state index is 6.27. The molecule has 0 unspecified atom stereocenters. The zero-order valence-corrected chi connectivity index (χ0v) is 11.9. The van der Waals surface area contributed by atoms with Gasteiger partial charge >= 0.3 is 0 Å². The number of hydrogen-bond donors (Lipinski definition) is 1. The van der Waals surface area contributed by atoms with E-state index in [0.717, 1.165) is 24.8 Å². The molecule has 0 aliphatic heterocycles. The predicted octanol–water partition coefficient (Wildman–Crippen LogP) is 3.17. The molecule has 1 aromatic rings. The topological polar surface area (TPSA) is 44.5 Å². The molecule has 100 valence electrons. The molecule has 0 saturated heterocycles. The SMILES string of the molecule is COc1cc(CC(C)(C)N)cc(Cl)c1OC1CC1. The minimum Gasteiger partial charge on any atom is -0.493 e. The molecule has 3 nitrogen and oxygen atoms in total. The molecule has 18 heavy (non-hydrogen) atoms. The third-order valence-corrected chi connectivity index (χ3v) is 3.04. The van der Waals surface area contributed by atoms with Gasteiger partial charge in [0.25, 0.3) is 0 Å². The Labute approximate surface area is 113 Å². The second-order valence-corrected chi connectivity index (χ2v) is 6.00. The van der Waals surface area contributed by atoms with E-state index in [9.17, 15) is 0 Å². The van der Waals surface area contributed by atoms with Crippen LogP contribution in [0.2, 0.25) is 5.02 Å². The van der Waals surface area contributed by atoms with Gasteiger partial charge in [0.05, 0.1) is 18.2 Å². The van der Waals surface area contributed by atoms with Crippen LogP contribution in [-0.4, -0.2) is 18.8 Å². The summed E-state index contributed by atoms with van der Waals surface area (Å²) in [5, 5.41) is 0.598. The molecule has 0 heterocycles. The lowest BCUT2D eigenvalue weighted by Gasteiger charge is -2.20. The van der Waals surface area contributed by atoms with E-state index in [-0.39, 0.29) is 5.54 Å². The van der Waals surface area contributed by atoms with Crippen LogP contribution in [0.15, 0.2) is 12.1 Å². The molecule has 1 saturated carbocycles. The van der Waals surface area contributed by atoms with Crippen LogP contribution in [0.25, 0.3) is 0 Å². The minimum atomic E-state index is -0.271. The van der Waals surface area contributed by atoms with Crippen molar-refractivity contribution in [2.24, 2.45) is 5.73 Å². The Balaban J connectivity index is 2.26. The largest absolute Gasteiger partial charge is 0.493 e. The average Bonchev–Trinajstić information content (AvgIpc) is 3.03. The van der Waals surface area contributed by atoms with Crippen molar-refractivity contribution >= 4 is 11.6 Å². The summed E-state index contributed by atoms with van der Waals surface area (Å²) in [6.45, 7) is 3.98. The summed E-state index contributed by atoms with van der Waals surface area (Å²) in [5.41, 5.74) is 6.81. The zero-order chi connectivity index (χ0) is 13.3. The average molecular weight is 270 g/mol. The summed E-state index contributed by atoms with van der Waals surface area (Å²) in [4.78, 5) is 0. The fourth-order valence-electron chi connectivity index (χ4n) is 1.87. The van der Waals surface area contributed by atoms with E-state index >= 15 is 0 Å². The Morgan fingerprint density at radius 1 is 1.39 bits per heavy atom. The molecule has 0 radical (unpaired) electrons. The van der Waals surface area contributed by atoms with Crippen LogP contribution in [-0.2, 0) is 6.42 Å². The number of ether oxygens (including phenoxy) is 2. The molecular weight excluding hydrogens is 250 g/mol. The fraction of sp³-hybridized carbons (Fsp3) is 0.571. The molecule has 2 rings (SSSR count). The van der Waals surface area contributed by atoms with E-state index in [1.807, 2.05) is 26.0 Å². The summed E-state index contributed by atoms with van der Waals surface area (Å²) in [5.74, 6) is 1.34. The maximum Gasteiger partial charge on any atom is 0.180 e. The van der Waals surface area contributed by atoms with Crippen LogP contribution >= 0.6 is 11.6 Å². The van der Waals surface area contributed by atoms with Crippen LogP contribution in [0.3, 0.4) is 0 Å². The Kier molecular flexibility index (Phi) is 3.74. The van der Waals surface area contributed by atoms with Crippen molar-refractivity contribution < 1.29 is 9.47 Å². The van der Waals surface area contributed by atoms with Gasteiger partial charge in [-0.2, -0.15) is 0 Å². The van der Waals surface area contributed by atoms with Gasteiger partial charge in [-0.3, -0.25) is 0 Å². The molecule has 1 fully saturated rings. The van der Waals surface area contributed by atoms with Gasteiger partial charge in [0.2, 0.25) is 0 Å². The first-order chi connectivity index (χ1) is 8.39. The van der Waals surface area contributed by atoms with E-state index in [4.69, 9.17) is 26.8 Å². The Morgan fingerprint density at radius 3 is 2.56 bits per heavy atom. The van der Waals surface area contributed by atoms with Gasteiger partial charge in [0.15, 0.2) is 11.5 Å². The first kappa shape index (κ1) is 13.5. The number of halogens is 1. The predicted molar refractivity (Wildman–Crippen MR) is 73.6 cm³/mol. The number of nitrogens with two attached hydrogens (primary N) is 1.